The Labute approximate surface area is 102 Å². The van der Waals surface area contributed by atoms with E-state index in [0.717, 1.165) is 25.7 Å². The molecule has 1 aliphatic carbocycles. The van der Waals surface area contributed by atoms with Crippen LogP contribution in [0.1, 0.15) is 24.8 Å². The average molecular weight is 235 g/mol. The highest BCUT2D eigenvalue weighted by Gasteiger charge is 2.26. The second-order valence-corrected chi connectivity index (χ2v) is 4.84. The molecule has 17 heavy (non-hydrogen) atoms. The highest BCUT2D eigenvalue weighted by Crippen LogP contribution is 2.19. The largest absolute Gasteiger partial charge is 0.395 e. The lowest BCUT2D eigenvalue weighted by atomic mass is 10.0. The van der Waals surface area contributed by atoms with Crippen LogP contribution in [-0.2, 0) is 6.42 Å². The first-order valence-electron chi connectivity index (χ1n) is 6.38. The Morgan fingerprint density at radius 2 is 2.00 bits per heavy atom. The zero-order chi connectivity index (χ0) is 12.1. The van der Waals surface area contributed by atoms with Crippen molar-refractivity contribution in [2.45, 2.75) is 43.9 Å². The van der Waals surface area contributed by atoms with E-state index in [4.69, 9.17) is 0 Å². The minimum atomic E-state index is -0.250. The summed E-state index contributed by atoms with van der Waals surface area (Å²) in [6, 6.07) is 10.3. The van der Waals surface area contributed by atoms with Crippen molar-refractivity contribution < 1.29 is 10.2 Å². The molecule has 0 saturated heterocycles. The van der Waals surface area contributed by atoms with E-state index in [1.54, 1.807) is 0 Å². The molecular weight excluding hydrogens is 214 g/mol. The van der Waals surface area contributed by atoms with Gasteiger partial charge in [0.1, 0.15) is 0 Å². The highest BCUT2D eigenvalue weighted by atomic mass is 16.3. The van der Waals surface area contributed by atoms with E-state index in [2.05, 4.69) is 17.4 Å². The van der Waals surface area contributed by atoms with E-state index >= 15 is 0 Å². The van der Waals surface area contributed by atoms with Crippen molar-refractivity contribution in [2.75, 3.05) is 6.61 Å². The van der Waals surface area contributed by atoms with Gasteiger partial charge in [-0.3, -0.25) is 0 Å². The summed E-state index contributed by atoms with van der Waals surface area (Å²) in [5, 5.41) is 22.5. The van der Waals surface area contributed by atoms with E-state index in [1.165, 1.54) is 5.56 Å². The fourth-order valence-electron chi connectivity index (χ4n) is 2.51. The predicted octanol–water partition coefficient (Wildman–Crippen LogP) is 1.09. The number of aliphatic hydroxyl groups excluding tert-OH is 2. The van der Waals surface area contributed by atoms with Crippen LogP contribution in [0.5, 0.6) is 0 Å². The number of rotatable bonds is 5. The van der Waals surface area contributed by atoms with Crippen molar-refractivity contribution in [1.29, 1.82) is 0 Å². The Morgan fingerprint density at radius 1 is 1.24 bits per heavy atom. The Balaban J connectivity index is 1.88. The van der Waals surface area contributed by atoms with Crippen molar-refractivity contribution in [2.24, 2.45) is 0 Å². The molecule has 0 heterocycles. The first kappa shape index (κ1) is 12.6. The average Bonchev–Trinajstić information content (AvgIpc) is 2.75. The minimum absolute atomic E-state index is 0.0372. The summed E-state index contributed by atoms with van der Waals surface area (Å²) in [7, 11) is 0. The quantitative estimate of drug-likeness (QED) is 0.716. The SMILES string of the molecule is OCC(Cc1ccccc1)N[C@H]1CCC[C@@H]1O. The molecule has 3 nitrogen and oxygen atoms in total. The molecule has 94 valence electrons. The van der Waals surface area contributed by atoms with Crippen LogP contribution in [0, 0.1) is 0 Å². The third kappa shape index (κ3) is 3.53. The maximum Gasteiger partial charge on any atom is 0.0693 e. The molecule has 0 amide bonds. The fraction of sp³-hybridized carbons (Fsp3) is 0.571. The normalized spacial score (nSPS) is 26.0. The van der Waals surface area contributed by atoms with Gasteiger partial charge in [0.2, 0.25) is 0 Å². The molecule has 0 spiro atoms. The van der Waals surface area contributed by atoms with E-state index < -0.39 is 0 Å². The lowest BCUT2D eigenvalue weighted by Gasteiger charge is -2.23. The fourth-order valence-corrected chi connectivity index (χ4v) is 2.51. The number of benzene rings is 1. The van der Waals surface area contributed by atoms with Gasteiger partial charge in [0.25, 0.3) is 0 Å². The molecule has 3 N–H and O–H groups in total. The van der Waals surface area contributed by atoms with Crippen LogP contribution in [-0.4, -0.2) is 35.0 Å². The summed E-state index contributed by atoms with van der Waals surface area (Å²) < 4.78 is 0. The zero-order valence-corrected chi connectivity index (χ0v) is 10.0. The molecule has 0 radical (unpaired) electrons. The summed E-state index contributed by atoms with van der Waals surface area (Å²) in [6.45, 7) is 0.109. The number of nitrogens with one attached hydrogen (secondary N) is 1. The van der Waals surface area contributed by atoms with Gasteiger partial charge in [0.15, 0.2) is 0 Å². The number of aliphatic hydroxyl groups is 2. The van der Waals surface area contributed by atoms with Crippen LogP contribution in [0.2, 0.25) is 0 Å². The van der Waals surface area contributed by atoms with E-state index in [9.17, 15) is 10.2 Å². The lowest BCUT2D eigenvalue weighted by Crippen LogP contribution is -2.45. The van der Waals surface area contributed by atoms with Crippen molar-refractivity contribution in [3.05, 3.63) is 35.9 Å². The van der Waals surface area contributed by atoms with Gasteiger partial charge >= 0.3 is 0 Å². The summed E-state index contributed by atoms with van der Waals surface area (Å²) in [4.78, 5) is 0. The summed E-state index contributed by atoms with van der Waals surface area (Å²) >= 11 is 0. The van der Waals surface area contributed by atoms with Crippen molar-refractivity contribution in [3.8, 4) is 0 Å². The topological polar surface area (TPSA) is 52.5 Å². The van der Waals surface area contributed by atoms with Crippen molar-refractivity contribution in [3.63, 3.8) is 0 Å². The number of hydrogen-bond acceptors (Lipinski definition) is 3. The van der Waals surface area contributed by atoms with Crippen LogP contribution < -0.4 is 5.32 Å². The molecule has 1 aromatic rings. The minimum Gasteiger partial charge on any atom is -0.395 e. The molecule has 1 fully saturated rings. The molecule has 1 aromatic carbocycles. The van der Waals surface area contributed by atoms with Gasteiger partial charge in [-0.25, -0.2) is 0 Å². The lowest BCUT2D eigenvalue weighted by molar-refractivity contribution is 0.132. The molecule has 0 aromatic heterocycles. The first-order chi connectivity index (χ1) is 8.29. The second kappa shape index (κ2) is 6.15. The molecule has 2 rings (SSSR count). The summed E-state index contributed by atoms with van der Waals surface area (Å²) in [5.41, 5.74) is 1.21. The first-order valence-corrected chi connectivity index (χ1v) is 6.38. The molecule has 1 saturated carbocycles. The van der Waals surface area contributed by atoms with E-state index in [0.29, 0.717) is 0 Å². The standard InChI is InChI=1S/C14H21NO2/c16-10-12(9-11-5-2-1-3-6-11)15-13-7-4-8-14(13)17/h1-3,5-6,12-17H,4,7-10H2/t12?,13-,14-/m0/s1. The van der Waals surface area contributed by atoms with Crippen molar-refractivity contribution >= 4 is 0 Å². The maximum atomic E-state index is 9.76. The van der Waals surface area contributed by atoms with Crippen LogP contribution in [0.15, 0.2) is 30.3 Å². The van der Waals surface area contributed by atoms with E-state index in [1.807, 2.05) is 18.2 Å². The smallest absolute Gasteiger partial charge is 0.0693 e. The van der Waals surface area contributed by atoms with Crippen LogP contribution in [0.4, 0.5) is 0 Å². The molecule has 1 unspecified atom stereocenters. The third-order valence-corrected chi connectivity index (χ3v) is 3.47. The zero-order valence-electron chi connectivity index (χ0n) is 10.0. The van der Waals surface area contributed by atoms with Gasteiger partial charge in [-0.2, -0.15) is 0 Å². The highest BCUT2D eigenvalue weighted by molar-refractivity contribution is 5.16. The van der Waals surface area contributed by atoms with Gasteiger partial charge < -0.3 is 15.5 Å². The maximum absolute atomic E-state index is 9.76. The van der Waals surface area contributed by atoms with Gasteiger partial charge in [0, 0.05) is 12.1 Å². The molecule has 0 bridgehead atoms. The molecule has 3 atom stereocenters. The van der Waals surface area contributed by atoms with Gasteiger partial charge in [-0.15, -0.1) is 0 Å². The van der Waals surface area contributed by atoms with Crippen molar-refractivity contribution in [1.82, 2.24) is 5.32 Å². The van der Waals surface area contributed by atoms with E-state index in [-0.39, 0.29) is 24.8 Å². The predicted molar refractivity (Wildman–Crippen MR) is 67.8 cm³/mol. The number of hydrogen-bond donors (Lipinski definition) is 3. The van der Waals surface area contributed by atoms with Gasteiger partial charge in [-0.1, -0.05) is 30.3 Å². The van der Waals surface area contributed by atoms with Crippen LogP contribution in [0.3, 0.4) is 0 Å². The Bertz CT molecular complexity index is 328. The molecular formula is C14H21NO2. The van der Waals surface area contributed by atoms with Crippen LogP contribution in [0.25, 0.3) is 0 Å². The molecule has 3 heteroatoms. The van der Waals surface area contributed by atoms with Gasteiger partial charge in [0.05, 0.1) is 12.7 Å². The summed E-state index contributed by atoms with van der Waals surface area (Å²) in [5.74, 6) is 0. The van der Waals surface area contributed by atoms with Gasteiger partial charge in [-0.05, 0) is 31.2 Å². The third-order valence-electron chi connectivity index (χ3n) is 3.47. The second-order valence-electron chi connectivity index (χ2n) is 4.84. The van der Waals surface area contributed by atoms with Crippen LogP contribution >= 0.6 is 0 Å². The Kier molecular flexibility index (Phi) is 4.54. The Hall–Kier alpha value is -0.900. The molecule has 1 aliphatic rings. The monoisotopic (exact) mass is 235 g/mol. The molecule has 0 aliphatic heterocycles. The summed E-state index contributed by atoms with van der Waals surface area (Å²) in [6.07, 6.45) is 3.51. The Morgan fingerprint density at radius 3 is 2.59 bits per heavy atom.